The summed E-state index contributed by atoms with van der Waals surface area (Å²) in [7, 11) is 0. The third-order valence-electron chi connectivity index (χ3n) is 2.28. The molecule has 0 atom stereocenters. The minimum atomic E-state index is -1.15. The van der Waals surface area contributed by atoms with E-state index in [1.165, 1.54) is 0 Å². The van der Waals surface area contributed by atoms with E-state index in [1.807, 2.05) is 6.07 Å². The van der Waals surface area contributed by atoms with Crippen molar-refractivity contribution >= 4 is 30.3 Å². The van der Waals surface area contributed by atoms with Crippen LogP contribution in [0.4, 0.5) is 0 Å². The molecule has 8 nitrogen and oxygen atoms in total. The molecule has 0 spiro atoms. The monoisotopic (exact) mass is 357 g/mol. The molecule has 0 aliphatic carbocycles. The zero-order valence-electron chi connectivity index (χ0n) is 13.5. The van der Waals surface area contributed by atoms with Crippen molar-refractivity contribution in [3.05, 3.63) is 42.7 Å². The standard InChI is InChI=1S/C9H8O3.C6H15N5.ClH/c1-7(9(10)11)12-8-5-3-2-4-6-8;1-2-3-4-10-6(9)11-5(7)8;/h2-6H,1H2,(H,10,11);2-4H2,1H3,(H6,7,8,9,10,11);1H. The van der Waals surface area contributed by atoms with Crippen molar-refractivity contribution in [2.24, 2.45) is 16.5 Å². The maximum Gasteiger partial charge on any atom is 0.371 e. The molecule has 24 heavy (non-hydrogen) atoms. The van der Waals surface area contributed by atoms with E-state index >= 15 is 0 Å². The summed E-state index contributed by atoms with van der Waals surface area (Å²) >= 11 is 0. The Bertz CT molecular complexity index is 549. The fourth-order valence-electron chi connectivity index (χ4n) is 1.21. The quantitative estimate of drug-likeness (QED) is 0.172. The maximum atomic E-state index is 10.3. The molecule has 0 aliphatic rings. The van der Waals surface area contributed by atoms with Crippen LogP contribution in [0.25, 0.3) is 0 Å². The van der Waals surface area contributed by atoms with Crippen LogP contribution in [0.3, 0.4) is 0 Å². The molecule has 0 fully saturated rings. The Morgan fingerprint density at radius 1 is 1.38 bits per heavy atom. The van der Waals surface area contributed by atoms with Crippen molar-refractivity contribution in [3.8, 4) is 5.75 Å². The number of rotatable bonds is 6. The van der Waals surface area contributed by atoms with Crippen molar-refractivity contribution < 1.29 is 14.6 Å². The molecule has 0 heterocycles. The number of halogens is 1. The van der Waals surface area contributed by atoms with Gasteiger partial charge in [-0.3, -0.25) is 15.7 Å². The Kier molecular flexibility index (Phi) is 13.6. The highest BCUT2D eigenvalue weighted by Crippen LogP contribution is 2.11. The number of benzene rings is 1. The van der Waals surface area contributed by atoms with Crippen LogP contribution in [0.5, 0.6) is 5.75 Å². The third-order valence-corrected chi connectivity index (χ3v) is 2.28. The van der Waals surface area contributed by atoms with Gasteiger partial charge < -0.3 is 21.3 Å². The lowest BCUT2D eigenvalue weighted by Gasteiger charge is -2.02. The molecule has 0 saturated carbocycles. The zero-order valence-corrected chi connectivity index (χ0v) is 14.3. The number of aliphatic imine (C=N–C) groups is 1. The number of guanidine groups is 2. The zero-order chi connectivity index (χ0) is 17.7. The lowest BCUT2D eigenvalue weighted by molar-refractivity contribution is -0.135. The van der Waals surface area contributed by atoms with Gasteiger partial charge in [0.15, 0.2) is 11.9 Å². The Hall–Kier alpha value is -2.74. The number of nitrogens with one attached hydrogen (secondary N) is 2. The third kappa shape index (κ3) is 13.0. The highest BCUT2D eigenvalue weighted by atomic mass is 35.5. The number of unbranched alkanes of at least 4 members (excludes halogenated alkanes) is 1. The number of nitrogens with zero attached hydrogens (tertiary/aromatic N) is 1. The van der Waals surface area contributed by atoms with Crippen LogP contribution >= 0.6 is 12.4 Å². The van der Waals surface area contributed by atoms with Crippen LogP contribution in [-0.2, 0) is 4.79 Å². The van der Waals surface area contributed by atoms with Crippen LogP contribution in [0.1, 0.15) is 19.8 Å². The van der Waals surface area contributed by atoms with Gasteiger partial charge >= 0.3 is 5.97 Å². The second kappa shape index (κ2) is 13.9. The highest BCUT2D eigenvalue weighted by molar-refractivity contribution is 5.95. The van der Waals surface area contributed by atoms with Crippen molar-refractivity contribution in [2.45, 2.75) is 19.8 Å². The van der Waals surface area contributed by atoms with E-state index < -0.39 is 5.97 Å². The summed E-state index contributed by atoms with van der Waals surface area (Å²) in [5.74, 6) is -0.918. The molecule has 0 aromatic heterocycles. The number of hydrogen-bond donors (Lipinski definition) is 5. The fraction of sp³-hybridized carbons (Fsp3) is 0.267. The molecule has 0 unspecified atom stereocenters. The molecular weight excluding hydrogens is 334 g/mol. The first-order valence-corrected chi connectivity index (χ1v) is 6.92. The van der Waals surface area contributed by atoms with Crippen molar-refractivity contribution in [1.29, 1.82) is 5.41 Å². The topological polar surface area (TPSA) is 147 Å². The number of para-hydroxylation sites is 1. The first-order chi connectivity index (χ1) is 10.9. The van der Waals surface area contributed by atoms with Crippen LogP contribution in [0, 0.1) is 5.41 Å². The molecule has 0 radical (unpaired) electrons. The highest BCUT2D eigenvalue weighted by Gasteiger charge is 2.04. The molecule has 0 saturated heterocycles. The van der Waals surface area contributed by atoms with Gasteiger partial charge in [-0.25, -0.2) is 4.79 Å². The van der Waals surface area contributed by atoms with Crippen molar-refractivity contribution in [1.82, 2.24) is 5.32 Å². The first kappa shape index (κ1) is 23.5. The van der Waals surface area contributed by atoms with Gasteiger partial charge in [0, 0.05) is 6.54 Å². The van der Waals surface area contributed by atoms with Gasteiger partial charge in [0.25, 0.3) is 0 Å². The van der Waals surface area contributed by atoms with Gasteiger partial charge in [0.2, 0.25) is 5.76 Å². The predicted molar refractivity (Wildman–Crippen MR) is 97.5 cm³/mol. The molecular formula is C15H24ClN5O3. The number of aliphatic carboxylic acids is 1. The van der Waals surface area contributed by atoms with Crippen LogP contribution in [0.2, 0.25) is 0 Å². The number of carbonyl (C=O) groups is 1. The average molecular weight is 358 g/mol. The summed E-state index contributed by atoms with van der Waals surface area (Å²) in [5.41, 5.74) is 10.3. The molecule has 1 rings (SSSR count). The Morgan fingerprint density at radius 2 is 1.96 bits per heavy atom. The van der Waals surface area contributed by atoms with E-state index in [0.29, 0.717) is 12.3 Å². The van der Waals surface area contributed by atoms with E-state index in [0.717, 1.165) is 12.8 Å². The smallest absolute Gasteiger partial charge is 0.371 e. The van der Waals surface area contributed by atoms with Crippen LogP contribution in [-0.4, -0.2) is 29.5 Å². The number of carboxylic acids is 1. The first-order valence-electron chi connectivity index (χ1n) is 6.92. The predicted octanol–water partition coefficient (Wildman–Crippen LogP) is 1.67. The normalized spacial score (nSPS) is 9.62. The lowest BCUT2D eigenvalue weighted by Crippen LogP contribution is -2.40. The molecule has 134 valence electrons. The maximum absolute atomic E-state index is 10.3. The summed E-state index contributed by atoms with van der Waals surface area (Å²) in [6, 6.07) is 8.65. The molecule has 0 bridgehead atoms. The van der Waals surface area contributed by atoms with E-state index in [-0.39, 0.29) is 30.1 Å². The number of carboxylic acid groups (broad SMARTS) is 1. The minimum Gasteiger partial charge on any atom is -0.475 e. The van der Waals surface area contributed by atoms with Gasteiger partial charge in [-0.2, -0.15) is 0 Å². The van der Waals surface area contributed by atoms with Gasteiger partial charge in [-0.05, 0) is 25.1 Å². The molecule has 9 heteroatoms. The number of nitrogens with two attached hydrogens (primary N) is 2. The number of hydrogen-bond acceptors (Lipinski definition) is 4. The molecule has 7 N–H and O–H groups in total. The molecule has 1 aromatic rings. The minimum absolute atomic E-state index is 0. The van der Waals surface area contributed by atoms with Gasteiger partial charge in [-0.1, -0.05) is 31.5 Å². The largest absolute Gasteiger partial charge is 0.475 e. The number of ether oxygens (including phenoxy) is 1. The van der Waals surface area contributed by atoms with Crippen molar-refractivity contribution in [3.63, 3.8) is 0 Å². The molecule has 1 aromatic carbocycles. The second-order valence-corrected chi connectivity index (χ2v) is 4.30. The van der Waals surface area contributed by atoms with Gasteiger partial charge in [0.05, 0.1) is 0 Å². The van der Waals surface area contributed by atoms with Gasteiger partial charge in [-0.15, -0.1) is 12.4 Å². The van der Waals surface area contributed by atoms with E-state index in [2.05, 4.69) is 23.8 Å². The lowest BCUT2D eigenvalue weighted by atomic mass is 10.3. The average Bonchev–Trinajstić information content (AvgIpc) is 2.48. The van der Waals surface area contributed by atoms with Gasteiger partial charge in [0.1, 0.15) is 5.75 Å². The Morgan fingerprint density at radius 3 is 2.42 bits per heavy atom. The van der Waals surface area contributed by atoms with Crippen molar-refractivity contribution in [2.75, 3.05) is 6.54 Å². The summed E-state index contributed by atoms with van der Waals surface area (Å²) in [5, 5.41) is 17.6. The summed E-state index contributed by atoms with van der Waals surface area (Å²) < 4.78 is 4.88. The Balaban J connectivity index is 0. The van der Waals surface area contributed by atoms with E-state index in [4.69, 9.17) is 26.7 Å². The summed E-state index contributed by atoms with van der Waals surface area (Å²) in [6.07, 6.45) is 2.08. The van der Waals surface area contributed by atoms with E-state index in [9.17, 15) is 4.79 Å². The van der Waals surface area contributed by atoms with E-state index in [1.54, 1.807) is 24.3 Å². The molecule has 0 aliphatic heterocycles. The van der Waals surface area contributed by atoms with Crippen LogP contribution < -0.4 is 21.5 Å². The Labute approximate surface area is 147 Å². The van der Waals surface area contributed by atoms with Crippen LogP contribution in [0.15, 0.2) is 47.7 Å². The summed E-state index contributed by atoms with van der Waals surface area (Å²) in [4.78, 5) is 14.2. The molecule has 0 amide bonds. The summed E-state index contributed by atoms with van der Waals surface area (Å²) in [6.45, 7) is 5.98. The fourth-order valence-corrected chi connectivity index (χ4v) is 1.21. The second-order valence-electron chi connectivity index (χ2n) is 4.30. The SMILES string of the molecule is C=C(Oc1ccccc1)C(=O)O.CCCCN=C(N)NC(=N)N.Cl.